The number of aliphatic hydroxyl groups excluding tert-OH is 1. The number of benzene rings is 1. The van der Waals surface area contributed by atoms with Crippen molar-refractivity contribution in [1.29, 1.82) is 0 Å². The van der Waals surface area contributed by atoms with Gasteiger partial charge in [-0.2, -0.15) is 0 Å². The van der Waals surface area contributed by atoms with Crippen molar-refractivity contribution in [3.05, 3.63) is 65.3 Å². The minimum Gasteiger partial charge on any atom is -0.491 e. The van der Waals surface area contributed by atoms with Gasteiger partial charge in [-0.1, -0.05) is 24.3 Å². The van der Waals surface area contributed by atoms with Gasteiger partial charge in [0.15, 0.2) is 0 Å². The fraction of sp³-hybridized carbons (Fsp3) is 0.222. The quantitative estimate of drug-likeness (QED) is 0.765. The molecule has 5 nitrogen and oxygen atoms in total. The van der Waals surface area contributed by atoms with Crippen LogP contribution in [0.15, 0.2) is 54.0 Å². The zero-order valence-electron chi connectivity index (χ0n) is 12.9. The maximum Gasteiger partial charge on any atom is 0.142 e. The molecule has 1 aliphatic rings. The summed E-state index contributed by atoms with van der Waals surface area (Å²) in [6.07, 6.45) is 1.19. The van der Waals surface area contributed by atoms with Crippen molar-refractivity contribution < 1.29 is 9.84 Å². The number of rotatable bonds is 4. The zero-order chi connectivity index (χ0) is 16.4. The van der Waals surface area contributed by atoms with Gasteiger partial charge in [-0.05, 0) is 18.2 Å². The maximum absolute atomic E-state index is 10.5. The lowest BCUT2D eigenvalue weighted by molar-refractivity contribution is 0.0726. The van der Waals surface area contributed by atoms with Crippen molar-refractivity contribution in [1.82, 2.24) is 15.3 Å². The summed E-state index contributed by atoms with van der Waals surface area (Å²) in [6, 6.07) is 13.2. The minimum absolute atomic E-state index is 0.153. The number of hydrogen-bond donors (Lipinski definition) is 2. The third kappa shape index (κ3) is 3.03. The molecule has 0 saturated heterocycles. The molecule has 2 unspecified atom stereocenters. The van der Waals surface area contributed by atoms with Crippen LogP contribution in [0.4, 0.5) is 0 Å². The average molecular weight is 339 g/mol. The van der Waals surface area contributed by atoms with Crippen LogP contribution < -0.4 is 10.1 Å². The van der Waals surface area contributed by atoms with Crippen molar-refractivity contribution in [2.24, 2.45) is 0 Å². The lowest BCUT2D eigenvalue weighted by Gasteiger charge is -2.30. The highest BCUT2D eigenvalue weighted by Crippen LogP contribution is 2.31. The molecule has 1 aliphatic heterocycles. The van der Waals surface area contributed by atoms with E-state index in [1.165, 1.54) is 0 Å². The van der Waals surface area contributed by atoms with E-state index in [1.807, 2.05) is 47.8 Å². The van der Waals surface area contributed by atoms with E-state index in [0.717, 1.165) is 27.7 Å². The summed E-state index contributed by atoms with van der Waals surface area (Å²) in [6.45, 7) is 1.02. The number of nitrogens with one attached hydrogen (secondary N) is 1. The van der Waals surface area contributed by atoms with Crippen LogP contribution in [0, 0.1) is 0 Å². The fourth-order valence-corrected chi connectivity index (χ4v) is 3.54. The number of hydrogen-bond acceptors (Lipinski definition) is 6. The van der Waals surface area contributed by atoms with E-state index >= 15 is 0 Å². The molecule has 2 N–H and O–H groups in total. The predicted octanol–water partition coefficient (Wildman–Crippen LogP) is 2.79. The van der Waals surface area contributed by atoms with Gasteiger partial charge in [0.1, 0.15) is 23.5 Å². The van der Waals surface area contributed by atoms with Crippen LogP contribution in [0.3, 0.4) is 0 Å². The predicted molar refractivity (Wildman–Crippen MR) is 92.9 cm³/mol. The first-order valence-electron chi connectivity index (χ1n) is 7.80. The molecule has 1 aromatic carbocycles. The lowest BCUT2D eigenvalue weighted by atomic mass is 9.99. The SMILES string of the molecule is OC1c2ccccc2OCC1NCc1csc(-c2ccccn2)n1. The molecule has 0 saturated carbocycles. The Hall–Kier alpha value is -2.28. The molecule has 2 atom stereocenters. The van der Waals surface area contributed by atoms with Crippen LogP contribution in [0.2, 0.25) is 0 Å². The normalized spacial score (nSPS) is 19.5. The molecule has 2 aromatic heterocycles. The summed E-state index contributed by atoms with van der Waals surface area (Å²) in [4.78, 5) is 8.92. The average Bonchev–Trinajstić information content (AvgIpc) is 3.11. The minimum atomic E-state index is -0.580. The Bertz CT molecular complexity index is 822. The van der Waals surface area contributed by atoms with E-state index in [1.54, 1.807) is 17.5 Å². The Morgan fingerprint density at radius 2 is 2.08 bits per heavy atom. The topological polar surface area (TPSA) is 67.3 Å². The number of ether oxygens (including phenoxy) is 1. The van der Waals surface area contributed by atoms with E-state index < -0.39 is 6.10 Å². The van der Waals surface area contributed by atoms with Crippen molar-refractivity contribution >= 4 is 11.3 Å². The highest BCUT2D eigenvalue weighted by Gasteiger charge is 2.28. The van der Waals surface area contributed by atoms with Gasteiger partial charge in [0, 0.05) is 23.7 Å². The van der Waals surface area contributed by atoms with Gasteiger partial charge in [-0.15, -0.1) is 11.3 Å². The first-order chi connectivity index (χ1) is 11.8. The standard InChI is InChI=1S/C18H17N3O2S/c22-17-13-5-1-2-7-16(13)23-10-15(17)20-9-12-11-24-18(21-12)14-6-3-4-8-19-14/h1-8,11,15,17,20,22H,9-10H2. The van der Waals surface area contributed by atoms with Crippen LogP contribution in [0.1, 0.15) is 17.4 Å². The number of aromatic nitrogens is 2. The van der Waals surface area contributed by atoms with Crippen LogP contribution in [0.5, 0.6) is 5.75 Å². The molecule has 0 bridgehead atoms. The highest BCUT2D eigenvalue weighted by atomic mass is 32.1. The molecular formula is C18H17N3O2S. The zero-order valence-corrected chi connectivity index (χ0v) is 13.7. The van der Waals surface area contributed by atoms with Crippen LogP contribution in [-0.4, -0.2) is 27.7 Å². The van der Waals surface area contributed by atoms with Crippen molar-refractivity contribution in [3.63, 3.8) is 0 Å². The summed E-state index contributed by atoms with van der Waals surface area (Å²) < 4.78 is 5.72. The van der Waals surface area contributed by atoms with E-state index in [4.69, 9.17) is 4.74 Å². The van der Waals surface area contributed by atoms with Gasteiger partial charge in [-0.25, -0.2) is 4.98 Å². The number of nitrogens with zero attached hydrogens (tertiary/aromatic N) is 2. The van der Waals surface area contributed by atoms with E-state index in [-0.39, 0.29) is 6.04 Å². The molecule has 3 heterocycles. The van der Waals surface area contributed by atoms with Gasteiger partial charge in [0.2, 0.25) is 0 Å². The van der Waals surface area contributed by atoms with Crippen molar-refractivity contribution in [3.8, 4) is 16.5 Å². The number of pyridine rings is 1. The summed E-state index contributed by atoms with van der Waals surface area (Å²) in [5.41, 5.74) is 2.64. The van der Waals surface area contributed by atoms with E-state index in [9.17, 15) is 5.11 Å². The molecule has 0 amide bonds. The molecule has 3 aromatic rings. The second-order valence-electron chi connectivity index (χ2n) is 5.64. The second-order valence-corrected chi connectivity index (χ2v) is 6.50. The van der Waals surface area contributed by atoms with Crippen LogP contribution >= 0.6 is 11.3 Å². The molecule has 4 rings (SSSR count). The molecule has 0 fully saturated rings. The first kappa shape index (κ1) is 15.3. The van der Waals surface area contributed by atoms with Gasteiger partial charge in [0.05, 0.1) is 17.4 Å². The number of thiazole rings is 1. The molecule has 122 valence electrons. The summed E-state index contributed by atoms with van der Waals surface area (Å²) >= 11 is 1.57. The van der Waals surface area contributed by atoms with Gasteiger partial charge >= 0.3 is 0 Å². The molecule has 0 spiro atoms. The number of aliphatic hydroxyl groups is 1. The van der Waals surface area contributed by atoms with Crippen LogP contribution in [0.25, 0.3) is 10.7 Å². The Kier molecular flexibility index (Phi) is 4.25. The van der Waals surface area contributed by atoms with Gasteiger partial charge in [0.25, 0.3) is 0 Å². The van der Waals surface area contributed by atoms with Gasteiger partial charge < -0.3 is 15.2 Å². The molecule has 0 radical (unpaired) electrons. The number of fused-ring (bicyclic) bond motifs is 1. The monoisotopic (exact) mass is 339 g/mol. The fourth-order valence-electron chi connectivity index (χ4n) is 2.75. The third-order valence-electron chi connectivity index (χ3n) is 4.02. The Balaban J connectivity index is 1.42. The van der Waals surface area contributed by atoms with E-state index in [2.05, 4.69) is 15.3 Å². The Labute approximate surface area is 144 Å². The Morgan fingerprint density at radius 3 is 2.96 bits per heavy atom. The summed E-state index contributed by atoms with van der Waals surface area (Å²) in [7, 11) is 0. The number of para-hydroxylation sites is 1. The molecule has 24 heavy (non-hydrogen) atoms. The summed E-state index contributed by atoms with van der Waals surface area (Å²) in [5.74, 6) is 0.758. The van der Waals surface area contributed by atoms with Crippen molar-refractivity contribution in [2.75, 3.05) is 6.61 Å². The Morgan fingerprint density at radius 1 is 1.21 bits per heavy atom. The highest BCUT2D eigenvalue weighted by molar-refractivity contribution is 7.13. The molecule has 6 heteroatoms. The summed E-state index contributed by atoms with van der Waals surface area (Å²) in [5, 5.41) is 16.8. The molecular weight excluding hydrogens is 322 g/mol. The molecule has 0 aliphatic carbocycles. The third-order valence-corrected chi connectivity index (χ3v) is 4.93. The van der Waals surface area contributed by atoms with E-state index in [0.29, 0.717) is 13.2 Å². The van der Waals surface area contributed by atoms with Crippen LogP contribution in [-0.2, 0) is 6.54 Å². The second kappa shape index (κ2) is 6.68. The first-order valence-corrected chi connectivity index (χ1v) is 8.68. The maximum atomic E-state index is 10.5. The largest absolute Gasteiger partial charge is 0.491 e. The van der Waals surface area contributed by atoms with Crippen molar-refractivity contribution in [2.45, 2.75) is 18.7 Å². The smallest absolute Gasteiger partial charge is 0.142 e. The van der Waals surface area contributed by atoms with Gasteiger partial charge in [-0.3, -0.25) is 4.98 Å². The lowest BCUT2D eigenvalue weighted by Crippen LogP contribution is -2.42.